The molecule has 0 radical (unpaired) electrons. The number of para-hydroxylation sites is 1. The molecule has 1 unspecified atom stereocenters. The third kappa shape index (κ3) is 4.72. The van der Waals surface area contributed by atoms with Gasteiger partial charge in [-0.3, -0.25) is 0 Å². The van der Waals surface area contributed by atoms with Crippen LogP contribution in [0.3, 0.4) is 0 Å². The van der Waals surface area contributed by atoms with Crippen LogP contribution in [0, 0.1) is 0 Å². The van der Waals surface area contributed by atoms with Gasteiger partial charge >= 0.3 is 0 Å². The zero-order valence-electron chi connectivity index (χ0n) is 33.0. The number of aromatic nitrogens is 2. The van der Waals surface area contributed by atoms with Crippen molar-refractivity contribution in [2.45, 2.75) is 38.0 Å². The van der Waals surface area contributed by atoms with Crippen molar-refractivity contribution in [3.8, 4) is 33.6 Å². The largest absolute Gasteiger partial charge is 0.309 e. The van der Waals surface area contributed by atoms with Crippen LogP contribution in [0.5, 0.6) is 0 Å². The summed E-state index contributed by atoms with van der Waals surface area (Å²) >= 11 is 0. The highest BCUT2D eigenvalue weighted by Gasteiger charge is 2.36. The molecule has 2 aromatic heterocycles. The first kappa shape index (κ1) is 33.3. The number of hydrogen-bond acceptors (Lipinski definition) is 0. The summed E-state index contributed by atoms with van der Waals surface area (Å²) in [5.41, 5.74) is 16.5. The first-order valence-electron chi connectivity index (χ1n) is 20.6. The number of rotatable bonds is 4. The Bertz CT molecular complexity index is 3400. The predicted molar refractivity (Wildman–Crippen MR) is 246 cm³/mol. The molecule has 58 heavy (non-hydrogen) atoms. The van der Waals surface area contributed by atoms with Gasteiger partial charge in [0.2, 0.25) is 0 Å². The SMILES string of the molecule is CC1(c2ccc(-n3c4ccc(-c5ccc6c(c5)c5ccccc5n6-c5ccc6ccccc6c5)cc4c4cc5c(cc43)C(C)(C)c3ccccc3-5)cc2)C=CC=CC1. The van der Waals surface area contributed by atoms with E-state index in [0.29, 0.717) is 0 Å². The molecule has 0 N–H and O–H groups in total. The molecule has 2 aliphatic carbocycles. The molecule has 10 aromatic rings. The van der Waals surface area contributed by atoms with E-state index in [9.17, 15) is 0 Å². The molecule has 0 bridgehead atoms. The van der Waals surface area contributed by atoms with Crippen LogP contribution >= 0.6 is 0 Å². The van der Waals surface area contributed by atoms with Crippen molar-refractivity contribution in [2.24, 2.45) is 0 Å². The van der Waals surface area contributed by atoms with Gasteiger partial charge < -0.3 is 9.13 Å². The predicted octanol–water partition coefficient (Wildman–Crippen LogP) is 14.8. The minimum absolute atomic E-state index is 0.00249. The molecule has 2 aliphatic rings. The van der Waals surface area contributed by atoms with Gasteiger partial charge in [-0.05, 0) is 123 Å². The van der Waals surface area contributed by atoms with E-state index in [1.807, 2.05) is 0 Å². The molecule has 12 rings (SSSR count). The van der Waals surface area contributed by atoms with E-state index in [4.69, 9.17) is 0 Å². The monoisotopic (exact) mass is 742 g/mol. The summed E-state index contributed by atoms with van der Waals surface area (Å²) in [6.07, 6.45) is 9.97. The average Bonchev–Trinajstić information content (AvgIpc) is 3.85. The number of benzene rings is 8. The molecule has 8 aromatic carbocycles. The van der Waals surface area contributed by atoms with Gasteiger partial charge in [0.1, 0.15) is 0 Å². The van der Waals surface area contributed by atoms with Gasteiger partial charge in [-0.25, -0.2) is 0 Å². The smallest absolute Gasteiger partial charge is 0.0544 e. The standard InChI is InChI=1S/C56H42N2/c1-55(2)49-17-9-7-15-43(49)45-34-48-47-33-39(21-28-53(47)57(54(48)35-50(45)55)41-25-22-40(23-26-41)56(3)29-11-4-12-30-56)38-20-27-52-46(32-38)44-16-8-10-18-51(44)58(52)42-24-19-36-13-5-6-14-37(36)31-42/h4-29,31-35H,30H2,1-3H3. The van der Waals surface area contributed by atoms with Crippen molar-refractivity contribution in [3.05, 3.63) is 205 Å². The molecule has 0 saturated carbocycles. The third-order valence-corrected chi connectivity index (χ3v) is 13.5. The summed E-state index contributed by atoms with van der Waals surface area (Å²) in [7, 11) is 0. The molecular formula is C56H42N2. The molecule has 0 spiro atoms. The Morgan fingerprint density at radius 3 is 1.84 bits per heavy atom. The zero-order valence-corrected chi connectivity index (χ0v) is 33.0. The first-order chi connectivity index (χ1) is 28.4. The maximum absolute atomic E-state index is 2.50. The Morgan fingerprint density at radius 2 is 1.07 bits per heavy atom. The van der Waals surface area contributed by atoms with Crippen molar-refractivity contribution in [2.75, 3.05) is 0 Å². The van der Waals surface area contributed by atoms with Crippen LogP contribution in [0.1, 0.15) is 43.9 Å². The molecular weight excluding hydrogens is 701 g/mol. The first-order valence-corrected chi connectivity index (χ1v) is 20.6. The minimum atomic E-state index is -0.0900. The normalized spacial score (nSPS) is 16.9. The second-order valence-corrected chi connectivity index (χ2v) is 17.2. The lowest BCUT2D eigenvalue weighted by Crippen LogP contribution is -2.19. The summed E-state index contributed by atoms with van der Waals surface area (Å²) in [5, 5.41) is 7.58. The van der Waals surface area contributed by atoms with Crippen molar-refractivity contribution in [1.82, 2.24) is 9.13 Å². The van der Waals surface area contributed by atoms with Crippen molar-refractivity contribution < 1.29 is 0 Å². The van der Waals surface area contributed by atoms with Crippen molar-refractivity contribution >= 4 is 54.4 Å². The highest BCUT2D eigenvalue weighted by Crippen LogP contribution is 2.51. The molecule has 0 saturated heterocycles. The molecule has 2 nitrogen and oxygen atoms in total. The Labute approximate surface area is 338 Å². The number of nitrogens with zero attached hydrogens (tertiary/aromatic N) is 2. The topological polar surface area (TPSA) is 9.86 Å². The van der Waals surface area contributed by atoms with E-state index in [0.717, 1.165) is 6.42 Å². The van der Waals surface area contributed by atoms with E-state index in [-0.39, 0.29) is 10.8 Å². The van der Waals surface area contributed by atoms with Gasteiger partial charge in [0, 0.05) is 43.7 Å². The number of hydrogen-bond donors (Lipinski definition) is 0. The summed E-state index contributed by atoms with van der Waals surface area (Å²) in [6, 6.07) is 61.6. The summed E-state index contributed by atoms with van der Waals surface area (Å²) in [4.78, 5) is 0. The van der Waals surface area contributed by atoms with Gasteiger partial charge in [-0.15, -0.1) is 0 Å². The Morgan fingerprint density at radius 1 is 0.431 bits per heavy atom. The summed E-state index contributed by atoms with van der Waals surface area (Å²) in [5.74, 6) is 0. The maximum atomic E-state index is 2.50. The lowest BCUT2D eigenvalue weighted by Gasteiger charge is -2.27. The Hall–Kier alpha value is -6.90. The van der Waals surface area contributed by atoms with Gasteiger partial charge in [-0.1, -0.05) is 142 Å². The van der Waals surface area contributed by atoms with E-state index in [2.05, 4.69) is 218 Å². The van der Waals surface area contributed by atoms with Crippen LogP contribution < -0.4 is 0 Å². The average molecular weight is 743 g/mol. The van der Waals surface area contributed by atoms with Crippen LogP contribution in [0.4, 0.5) is 0 Å². The number of allylic oxidation sites excluding steroid dienone is 4. The van der Waals surface area contributed by atoms with Gasteiger partial charge in [0.15, 0.2) is 0 Å². The zero-order chi connectivity index (χ0) is 38.8. The minimum Gasteiger partial charge on any atom is -0.309 e. The maximum Gasteiger partial charge on any atom is 0.0544 e. The molecule has 2 heterocycles. The van der Waals surface area contributed by atoms with Gasteiger partial charge in [0.25, 0.3) is 0 Å². The Balaban J connectivity index is 1.06. The highest BCUT2D eigenvalue weighted by atomic mass is 15.0. The second-order valence-electron chi connectivity index (χ2n) is 17.2. The van der Waals surface area contributed by atoms with Crippen molar-refractivity contribution in [3.63, 3.8) is 0 Å². The van der Waals surface area contributed by atoms with Crippen LogP contribution in [0.25, 0.3) is 88.0 Å². The van der Waals surface area contributed by atoms with E-state index in [1.165, 1.54) is 105 Å². The van der Waals surface area contributed by atoms with Crippen LogP contribution in [0.15, 0.2) is 188 Å². The quantitative estimate of drug-likeness (QED) is 0.170. The second kappa shape index (κ2) is 12.1. The Kier molecular flexibility index (Phi) is 6.91. The fourth-order valence-corrected chi connectivity index (χ4v) is 10.4. The molecule has 0 aliphatic heterocycles. The van der Waals surface area contributed by atoms with E-state index in [1.54, 1.807) is 0 Å². The van der Waals surface area contributed by atoms with Crippen LogP contribution in [-0.2, 0) is 10.8 Å². The van der Waals surface area contributed by atoms with Gasteiger partial charge in [-0.2, -0.15) is 0 Å². The van der Waals surface area contributed by atoms with Crippen molar-refractivity contribution in [1.29, 1.82) is 0 Å². The lowest BCUT2D eigenvalue weighted by molar-refractivity contribution is 0.600. The fourth-order valence-electron chi connectivity index (χ4n) is 10.4. The van der Waals surface area contributed by atoms with E-state index < -0.39 is 0 Å². The highest BCUT2D eigenvalue weighted by molar-refractivity contribution is 6.14. The summed E-state index contributed by atoms with van der Waals surface area (Å²) < 4.78 is 4.92. The number of fused-ring (bicyclic) bond motifs is 10. The van der Waals surface area contributed by atoms with E-state index >= 15 is 0 Å². The van der Waals surface area contributed by atoms with Crippen LogP contribution in [0.2, 0.25) is 0 Å². The molecule has 1 atom stereocenters. The third-order valence-electron chi connectivity index (χ3n) is 13.5. The van der Waals surface area contributed by atoms with Gasteiger partial charge in [0.05, 0.1) is 22.1 Å². The molecule has 0 amide bonds. The molecule has 276 valence electrons. The lowest BCUT2D eigenvalue weighted by atomic mass is 9.77. The molecule has 0 fully saturated rings. The molecule has 2 heteroatoms. The van der Waals surface area contributed by atoms with Crippen LogP contribution in [-0.4, -0.2) is 9.13 Å². The summed E-state index contributed by atoms with van der Waals surface area (Å²) in [6.45, 7) is 7.10. The fraction of sp³-hybridized carbons (Fsp3) is 0.107.